The van der Waals surface area contributed by atoms with Gasteiger partial charge < -0.3 is 15.1 Å². The van der Waals surface area contributed by atoms with Gasteiger partial charge in [-0.05, 0) is 24.0 Å². The molecule has 0 radical (unpaired) electrons. The lowest BCUT2D eigenvalue weighted by Crippen LogP contribution is -2.26. The van der Waals surface area contributed by atoms with E-state index in [2.05, 4.69) is 52.0 Å². The Bertz CT molecular complexity index is 760. The molecule has 0 atom stereocenters. The standard InChI is InChI=1S/C18H20N4O2/c1-2-13-5-7-14(8-6-13)9-11-20-16(23)18-22-21-17(24-18)15-4-3-10-19-12-15/h3-8,12,19H,2,9-11H2,1H3,(H,20,23). The van der Waals surface area contributed by atoms with Crippen molar-refractivity contribution in [2.24, 2.45) is 0 Å². The highest BCUT2D eigenvalue weighted by molar-refractivity contribution is 5.89. The van der Waals surface area contributed by atoms with Crippen molar-refractivity contribution in [1.82, 2.24) is 20.8 Å². The first-order valence-corrected chi connectivity index (χ1v) is 8.06. The van der Waals surface area contributed by atoms with E-state index < -0.39 is 0 Å². The third-order valence-electron chi connectivity index (χ3n) is 3.79. The van der Waals surface area contributed by atoms with E-state index in [1.165, 1.54) is 11.1 Å². The minimum Gasteiger partial charge on any atom is -0.412 e. The second-order valence-electron chi connectivity index (χ2n) is 5.50. The summed E-state index contributed by atoms with van der Waals surface area (Å²) in [5.74, 6) is -0.0442. The van der Waals surface area contributed by atoms with Gasteiger partial charge in [0.2, 0.25) is 5.89 Å². The molecule has 0 saturated heterocycles. The molecule has 124 valence electrons. The van der Waals surface area contributed by atoms with Gasteiger partial charge in [-0.25, -0.2) is 0 Å². The summed E-state index contributed by atoms with van der Waals surface area (Å²) < 4.78 is 5.42. The van der Waals surface area contributed by atoms with E-state index in [9.17, 15) is 4.79 Å². The molecular formula is C18H20N4O2. The Morgan fingerprint density at radius 3 is 2.75 bits per heavy atom. The summed E-state index contributed by atoms with van der Waals surface area (Å²) in [7, 11) is 0. The minimum absolute atomic E-state index is 0.0220. The molecule has 0 saturated carbocycles. The van der Waals surface area contributed by atoms with Crippen molar-refractivity contribution in [3.63, 3.8) is 0 Å². The highest BCUT2D eigenvalue weighted by atomic mass is 16.4. The lowest BCUT2D eigenvalue weighted by molar-refractivity contribution is 0.0919. The zero-order chi connectivity index (χ0) is 16.8. The summed E-state index contributed by atoms with van der Waals surface area (Å²) in [6.45, 7) is 3.42. The van der Waals surface area contributed by atoms with Crippen LogP contribution in [-0.2, 0) is 12.8 Å². The predicted molar refractivity (Wildman–Crippen MR) is 91.3 cm³/mol. The number of carbonyl (C=O) groups excluding carboxylic acids is 1. The molecule has 1 aliphatic heterocycles. The number of aryl methyl sites for hydroxylation is 1. The zero-order valence-corrected chi connectivity index (χ0v) is 13.6. The smallest absolute Gasteiger partial charge is 0.308 e. The number of nitrogens with zero attached hydrogens (tertiary/aromatic N) is 2. The Hall–Kier alpha value is -2.89. The molecule has 2 N–H and O–H groups in total. The van der Waals surface area contributed by atoms with Crippen LogP contribution in [0.25, 0.3) is 5.57 Å². The van der Waals surface area contributed by atoms with E-state index in [0.717, 1.165) is 25.0 Å². The Morgan fingerprint density at radius 2 is 2.04 bits per heavy atom. The van der Waals surface area contributed by atoms with Crippen LogP contribution in [0.15, 0.2) is 47.0 Å². The van der Waals surface area contributed by atoms with Gasteiger partial charge in [0.15, 0.2) is 0 Å². The maximum atomic E-state index is 12.1. The fraction of sp³-hybridized carbons (Fsp3) is 0.278. The summed E-state index contributed by atoms with van der Waals surface area (Å²) in [4.78, 5) is 12.1. The van der Waals surface area contributed by atoms with Crippen molar-refractivity contribution in [3.8, 4) is 0 Å². The number of amides is 1. The summed E-state index contributed by atoms with van der Waals surface area (Å²) in [6.07, 6.45) is 7.40. The molecule has 0 unspecified atom stereocenters. The maximum Gasteiger partial charge on any atom is 0.308 e. The quantitative estimate of drug-likeness (QED) is 0.850. The van der Waals surface area contributed by atoms with Crippen LogP contribution in [0.3, 0.4) is 0 Å². The number of nitrogens with one attached hydrogen (secondary N) is 2. The number of hydrogen-bond acceptors (Lipinski definition) is 5. The second-order valence-corrected chi connectivity index (χ2v) is 5.50. The number of benzene rings is 1. The Labute approximate surface area is 140 Å². The molecule has 2 aromatic rings. The van der Waals surface area contributed by atoms with E-state index in [4.69, 9.17) is 4.42 Å². The van der Waals surface area contributed by atoms with E-state index in [-0.39, 0.29) is 11.8 Å². The minimum atomic E-state index is -0.354. The van der Waals surface area contributed by atoms with E-state index in [1.807, 2.05) is 12.2 Å². The average Bonchev–Trinajstić information content (AvgIpc) is 3.13. The molecule has 24 heavy (non-hydrogen) atoms. The molecule has 0 spiro atoms. The third kappa shape index (κ3) is 3.90. The molecule has 6 heteroatoms. The molecule has 1 aromatic heterocycles. The Kier molecular flexibility index (Phi) is 5.05. The second kappa shape index (κ2) is 7.59. The first-order valence-electron chi connectivity index (χ1n) is 8.06. The maximum absolute atomic E-state index is 12.1. The van der Waals surface area contributed by atoms with E-state index in [1.54, 1.807) is 6.20 Å². The van der Waals surface area contributed by atoms with Crippen LogP contribution in [0.4, 0.5) is 0 Å². The van der Waals surface area contributed by atoms with E-state index >= 15 is 0 Å². The molecule has 3 rings (SSSR count). The fourth-order valence-electron chi connectivity index (χ4n) is 2.37. The van der Waals surface area contributed by atoms with Crippen LogP contribution in [0, 0.1) is 0 Å². The summed E-state index contributed by atoms with van der Waals surface area (Å²) >= 11 is 0. The molecule has 0 aliphatic carbocycles. The molecule has 1 amide bonds. The van der Waals surface area contributed by atoms with Crippen LogP contribution < -0.4 is 10.6 Å². The van der Waals surface area contributed by atoms with Gasteiger partial charge in [-0.15, -0.1) is 10.2 Å². The number of hydrogen-bond donors (Lipinski definition) is 2. The number of carbonyl (C=O) groups is 1. The molecule has 6 nitrogen and oxygen atoms in total. The van der Waals surface area contributed by atoms with Gasteiger partial charge in [-0.2, -0.15) is 0 Å². The molecule has 2 heterocycles. The van der Waals surface area contributed by atoms with Crippen molar-refractivity contribution in [2.45, 2.75) is 19.8 Å². The fourth-order valence-corrected chi connectivity index (χ4v) is 2.37. The summed E-state index contributed by atoms with van der Waals surface area (Å²) in [6, 6.07) is 8.40. The third-order valence-corrected chi connectivity index (χ3v) is 3.79. The van der Waals surface area contributed by atoms with Crippen LogP contribution in [0.2, 0.25) is 0 Å². The molecule has 1 aliphatic rings. The Morgan fingerprint density at radius 1 is 1.25 bits per heavy atom. The average molecular weight is 324 g/mol. The van der Waals surface area contributed by atoms with Gasteiger partial charge in [0.05, 0.1) is 5.57 Å². The van der Waals surface area contributed by atoms with E-state index in [0.29, 0.717) is 12.4 Å². The largest absolute Gasteiger partial charge is 0.412 e. The van der Waals surface area contributed by atoms with Crippen LogP contribution in [0.5, 0.6) is 0 Å². The van der Waals surface area contributed by atoms with Gasteiger partial charge >= 0.3 is 11.8 Å². The topological polar surface area (TPSA) is 80.0 Å². The van der Waals surface area contributed by atoms with Gasteiger partial charge in [0.1, 0.15) is 0 Å². The highest BCUT2D eigenvalue weighted by Gasteiger charge is 2.16. The number of allylic oxidation sites excluding steroid dienone is 2. The van der Waals surface area contributed by atoms with Crippen LogP contribution >= 0.6 is 0 Å². The molecule has 0 bridgehead atoms. The summed E-state index contributed by atoms with van der Waals surface area (Å²) in [5, 5.41) is 13.6. The van der Waals surface area contributed by atoms with Crippen molar-refractivity contribution in [2.75, 3.05) is 13.1 Å². The van der Waals surface area contributed by atoms with Crippen molar-refractivity contribution in [3.05, 3.63) is 65.5 Å². The van der Waals surface area contributed by atoms with Gasteiger partial charge in [-0.1, -0.05) is 43.3 Å². The number of aromatic nitrogens is 2. The summed E-state index contributed by atoms with van der Waals surface area (Å²) in [5.41, 5.74) is 3.26. The van der Waals surface area contributed by atoms with Crippen molar-refractivity contribution < 1.29 is 9.21 Å². The SMILES string of the molecule is CCc1ccc(CCNC(=O)c2nnc(C3=CNCC=C3)o2)cc1. The predicted octanol–water partition coefficient (Wildman–Crippen LogP) is 2.10. The lowest BCUT2D eigenvalue weighted by Gasteiger charge is -2.04. The van der Waals surface area contributed by atoms with Crippen molar-refractivity contribution in [1.29, 1.82) is 0 Å². The molecule has 1 aromatic carbocycles. The molecule has 0 fully saturated rings. The monoisotopic (exact) mass is 324 g/mol. The first-order chi connectivity index (χ1) is 11.8. The normalized spacial score (nSPS) is 13.3. The highest BCUT2D eigenvalue weighted by Crippen LogP contribution is 2.15. The van der Waals surface area contributed by atoms with Crippen molar-refractivity contribution >= 4 is 11.5 Å². The number of rotatable bonds is 6. The van der Waals surface area contributed by atoms with Gasteiger partial charge in [0, 0.05) is 19.3 Å². The van der Waals surface area contributed by atoms with Crippen LogP contribution in [0.1, 0.15) is 34.6 Å². The number of dihydropyridines is 1. The zero-order valence-electron chi connectivity index (χ0n) is 13.6. The van der Waals surface area contributed by atoms with Crippen LogP contribution in [-0.4, -0.2) is 29.2 Å². The Balaban J connectivity index is 1.52. The van der Waals surface area contributed by atoms with Gasteiger partial charge in [0.25, 0.3) is 0 Å². The lowest BCUT2D eigenvalue weighted by atomic mass is 10.1. The molecular weight excluding hydrogens is 304 g/mol. The van der Waals surface area contributed by atoms with Gasteiger partial charge in [-0.3, -0.25) is 4.79 Å². The first kappa shape index (κ1) is 16.0.